The number of sulfone groups is 1. The van der Waals surface area contributed by atoms with Gasteiger partial charge in [-0.2, -0.15) is 5.10 Å². The Hall–Kier alpha value is -1.82. The van der Waals surface area contributed by atoms with Crippen molar-refractivity contribution in [2.24, 2.45) is 0 Å². The van der Waals surface area contributed by atoms with Gasteiger partial charge < -0.3 is 5.73 Å². The largest absolute Gasteiger partial charge is 0.396 e. The van der Waals surface area contributed by atoms with E-state index in [0.29, 0.717) is 17.9 Å². The summed E-state index contributed by atoms with van der Waals surface area (Å²) in [5, 5.41) is 4.35. The number of nitrogens with zero attached hydrogens (tertiary/aromatic N) is 2. The van der Waals surface area contributed by atoms with Crippen LogP contribution >= 0.6 is 0 Å². The highest BCUT2D eigenvalue weighted by atomic mass is 32.2. The number of hydrogen-bond acceptors (Lipinski definition) is 4. The summed E-state index contributed by atoms with van der Waals surface area (Å²) >= 11 is 0. The van der Waals surface area contributed by atoms with E-state index in [4.69, 9.17) is 5.73 Å². The van der Waals surface area contributed by atoms with E-state index in [1.165, 1.54) is 6.26 Å². The summed E-state index contributed by atoms with van der Waals surface area (Å²) in [6, 6.07) is 7.88. The Morgan fingerprint density at radius 3 is 2.74 bits per heavy atom. The lowest BCUT2D eigenvalue weighted by molar-refractivity contribution is 0.586. The molecule has 0 atom stereocenters. The summed E-state index contributed by atoms with van der Waals surface area (Å²) in [4.78, 5) is 0. The molecule has 102 valence electrons. The summed E-state index contributed by atoms with van der Waals surface area (Å²) in [5.41, 5.74) is 9.24. The van der Waals surface area contributed by atoms with Crippen LogP contribution < -0.4 is 5.73 Å². The topological polar surface area (TPSA) is 78.0 Å². The Bertz CT molecular complexity index is 690. The maximum Gasteiger partial charge on any atom is 0.149 e. The molecule has 5 nitrogen and oxygen atoms in total. The lowest BCUT2D eigenvalue weighted by atomic mass is 10.1. The van der Waals surface area contributed by atoms with Gasteiger partial charge in [0, 0.05) is 18.0 Å². The van der Waals surface area contributed by atoms with Gasteiger partial charge in [-0.1, -0.05) is 23.8 Å². The second-order valence-corrected chi connectivity index (χ2v) is 6.96. The first-order valence-electron chi connectivity index (χ1n) is 5.93. The SMILES string of the molecule is Cc1cccc(-c2nn(CCS(C)(=O)=O)cc2N)c1. The molecule has 2 rings (SSSR count). The highest BCUT2D eigenvalue weighted by molar-refractivity contribution is 7.90. The predicted octanol–water partition coefficient (Wildman–Crippen LogP) is 1.49. The maximum absolute atomic E-state index is 11.1. The van der Waals surface area contributed by atoms with Crippen LogP contribution in [-0.2, 0) is 16.4 Å². The monoisotopic (exact) mass is 279 g/mol. The van der Waals surface area contributed by atoms with E-state index in [-0.39, 0.29) is 5.75 Å². The summed E-state index contributed by atoms with van der Waals surface area (Å²) in [6.07, 6.45) is 2.88. The molecule has 1 heterocycles. The van der Waals surface area contributed by atoms with Crippen LogP contribution in [0.25, 0.3) is 11.3 Å². The predicted molar refractivity (Wildman–Crippen MR) is 76.5 cm³/mol. The molecule has 0 aliphatic rings. The van der Waals surface area contributed by atoms with E-state index in [1.807, 2.05) is 31.2 Å². The van der Waals surface area contributed by atoms with Gasteiger partial charge >= 0.3 is 0 Å². The van der Waals surface area contributed by atoms with E-state index in [2.05, 4.69) is 5.10 Å². The van der Waals surface area contributed by atoms with Gasteiger partial charge in [0.05, 0.1) is 18.0 Å². The number of rotatable bonds is 4. The minimum absolute atomic E-state index is 0.0569. The first-order valence-corrected chi connectivity index (χ1v) is 7.99. The second kappa shape index (κ2) is 5.05. The van der Waals surface area contributed by atoms with Crippen molar-refractivity contribution < 1.29 is 8.42 Å². The Morgan fingerprint density at radius 2 is 2.11 bits per heavy atom. The number of aryl methyl sites for hydroxylation is 2. The number of benzene rings is 1. The minimum Gasteiger partial charge on any atom is -0.396 e. The zero-order chi connectivity index (χ0) is 14.0. The van der Waals surface area contributed by atoms with Crippen LogP contribution in [0.2, 0.25) is 0 Å². The third kappa shape index (κ3) is 3.57. The molecule has 0 fully saturated rings. The van der Waals surface area contributed by atoms with Gasteiger partial charge in [0.15, 0.2) is 0 Å². The smallest absolute Gasteiger partial charge is 0.149 e. The van der Waals surface area contributed by atoms with Crippen LogP contribution in [0, 0.1) is 6.92 Å². The molecule has 0 bridgehead atoms. The summed E-state index contributed by atoms with van der Waals surface area (Å²) < 4.78 is 23.9. The van der Waals surface area contributed by atoms with Crippen LogP contribution in [0.1, 0.15) is 5.56 Å². The van der Waals surface area contributed by atoms with Crippen molar-refractivity contribution in [2.75, 3.05) is 17.7 Å². The molecule has 19 heavy (non-hydrogen) atoms. The molecule has 2 aromatic rings. The van der Waals surface area contributed by atoms with Crippen molar-refractivity contribution in [3.63, 3.8) is 0 Å². The lowest BCUT2D eigenvalue weighted by Crippen LogP contribution is -2.11. The van der Waals surface area contributed by atoms with Gasteiger partial charge in [0.1, 0.15) is 15.5 Å². The molecule has 0 unspecified atom stereocenters. The molecule has 6 heteroatoms. The fourth-order valence-corrected chi connectivity index (χ4v) is 2.35. The first kappa shape index (κ1) is 13.6. The average Bonchev–Trinajstić information content (AvgIpc) is 2.67. The van der Waals surface area contributed by atoms with Crippen LogP contribution in [0.5, 0.6) is 0 Å². The number of nitrogens with two attached hydrogens (primary N) is 1. The zero-order valence-electron chi connectivity index (χ0n) is 11.0. The lowest BCUT2D eigenvalue weighted by Gasteiger charge is -2.01. The van der Waals surface area contributed by atoms with Crippen molar-refractivity contribution in [1.82, 2.24) is 9.78 Å². The van der Waals surface area contributed by atoms with E-state index < -0.39 is 9.84 Å². The maximum atomic E-state index is 11.1. The summed E-state index contributed by atoms with van der Waals surface area (Å²) in [7, 11) is -3.00. The highest BCUT2D eigenvalue weighted by Crippen LogP contribution is 2.24. The molecular weight excluding hydrogens is 262 g/mol. The van der Waals surface area contributed by atoms with Crippen LogP contribution in [0.15, 0.2) is 30.5 Å². The van der Waals surface area contributed by atoms with E-state index in [1.54, 1.807) is 10.9 Å². The second-order valence-electron chi connectivity index (χ2n) is 4.70. The minimum atomic E-state index is -3.00. The molecule has 0 radical (unpaired) electrons. The van der Waals surface area contributed by atoms with E-state index >= 15 is 0 Å². The van der Waals surface area contributed by atoms with Crippen molar-refractivity contribution in [2.45, 2.75) is 13.5 Å². The molecule has 0 saturated carbocycles. The van der Waals surface area contributed by atoms with Gasteiger partial charge in [-0.05, 0) is 13.0 Å². The number of hydrogen-bond donors (Lipinski definition) is 1. The highest BCUT2D eigenvalue weighted by Gasteiger charge is 2.10. The first-order chi connectivity index (χ1) is 8.85. The van der Waals surface area contributed by atoms with Crippen molar-refractivity contribution in [3.8, 4) is 11.3 Å². The molecule has 1 aromatic carbocycles. The molecule has 0 aliphatic heterocycles. The summed E-state index contributed by atoms with van der Waals surface area (Å²) in [6.45, 7) is 2.31. The van der Waals surface area contributed by atoms with Gasteiger partial charge in [0.25, 0.3) is 0 Å². The molecule has 0 amide bonds. The van der Waals surface area contributed by atoms with Crippen LogP contribution in [0.3, 0.4) is 0 Å². The Morgan fingerprint density at radius 1 is 1.37 bits per heavy atom. The van der Waals surface area contributed by atoms with Gasteiger partial charge in [-0.3, -0.25) is 4.68 Å². The Kier molecular flexibility index (Phi) is 3.61. The summed E-state index contributed by atoms with van der Waals surface area (Å²) in [5.74, 6) is 0.0569. The Balaban J connectivity index is 2.26. The van der Waals surface area contributed by atoms with E-state index in [0.717, 1.165) is 11.1 Å². The number of anilines is 1. The molecule has 0 spiro atoms. The molecule has 0 saturated heterocycles. The van der Waals surface area contributed by atoms with Crippen molar-refractivity contribution in [3.05, 3.63) is 36.0 Å². The standard InChI is InChI=1S/C13H17N3O2S/c1-10-4-3-5-11(8-10)13-12(14)9-16(15-13)6-7-19(2,17)18/h3-5,8-9H,6-7,14H2,1-2H3. The van der Waals surface area contributed by atoms with Crippen LogP contribution in [-0.4, -0.2) is 30.2 Å². The normalized spacial score (nSPS) is 11.7. The molecule has 2 N–H and O–H groups in total. The van der Waals surface area contributed by atoms with Crippen molar-refractivity contribution >= 4 is 15.5 Å². The van der Waals surface area contributed by atoms with Gasteiger partial charge in [-0.15, -0.1) is 0 Å². The third-order valence-corrected chi connectivity index (χ3v) is 3.70. The van der Waals surface area contributed by atoms with Gasteiger partial charge in [0.2, 0.25) is 0 Å². The number of aromatic nitrogens is 2. The van der Waals surface area contributed by atoms with Gasteiger partial charge in [-0.25, -0.2) is 8.42 Å². The fraction of sp³-hybridized carbons (Fsp3) is 0.308. The average molecular weight is 279 g/mol. The molecule has 0 aliphatic carbocycles. The third-order valence-electron chi connectivity index (χ3n) is 2.77. The quantitative estimate of drug-likeness (QED) is 0.919. The van der Waals surface area contributed by atoms with E-state index in [9.17, 15) is 8.42 Å². The zero-order valence-corrected chi connectivity index (χ0v) is 11.8. The number of nitrogen functional groups attached to an aromatic ring is 1. The van der Waals surface area contributed by atoms with Crippen molar-refractivity contribution in [1.29, 1.82) is 0 Å². The Labute approximate surface area is 113 Å². The molecular formula is C13H17N3O2S. The van der Waals surface area contributed by atoms with Crippen LogP contribution in [0.4, 0.5) is 5.69 Å². The molecule has 1 aromatic heterocycles. The fourth-order valence-electron chi connectivity index (χ4n) is 1.83.